The highest BCUT2D eigenvalue weighted by Gasteiger charge is 2.29. The van der Waals surface area contributed by atoms with Gasteiger partial charge in [-0.05, 0) is 18.8 Å². The van der Waals surface area contributed by atoms with Crippen LogP contribution in [0.2, 0.25) is 0 Å². The summed E-state index contributed by atoms with van der Waals surface area (Å²) in [5, 5.41) is 18.1. The van der Waals surface area contributed by atoms with Crippen LogP contribution in [0.25, 0.3) is 0 Å². The van der Waals surface area contributed by atoms with Crippen molar-refractivity contribution in [3.63, 3.8) is 0 Å². The summed E-state index contributed by atoms with van der Waals surface area (Å²) in [5.74, 6) is 0.551. The van der Waals surface area contributed by atoms with E-state index in [2.05, 4.69) is 6.92 Å². The minimum Gasteiger partial charge on any atom is -0.390 e. The second-order valence-electron chi connectivity index (χ2n) is 2.88. The first-order valence-electron chi connectivity index (χ1n) is 3.60. The van der Waals surface area contributed by atoms with Gasteiger partial charge in [0, 0.05) is 0 Å². The van der Waals surface area contributed by atoms with Gasteiger partial charge in [-0.1, -0.05) is 13.3 Å². The zero-order valence-corrected chi connectivity index (χ0v) is 5.75. The zero-order valence-electron chi connectivity index (χ0n) is 5.75. The molecule has 0 spiro atoms. The molecule has 2 heteroatoms. The molecular weight excluding hydrogens is 116 g/mol. The Kier molecular flexibility index (Phi) is 2.09. The summed E-state index contributed by atoms with van der Waals surface area (Å²) in [7, 11) is 0. The first-order chi connectivity index (χ1) is 4.24. The van der Waals surface area contributed by atoms with Crippen LogP contribution in [0.1, 0.15) is 26.2 Å². The third-order valence-electron chi connectivity index (χ3n) is 2.17. The van der Waals surface area contributed by atoms with E-state index in [-0.39, 0.29) is 0 Å². The van der Waals surface area contributed by atoms with E-state index in [0.29, 0.717) is 5.92 Å². The Hall–Kier alpha value is -0.0800. The number of hydrogen-bond acceptors (Lipinski definition) is 2. The van der Waals surface area contributed by atoms with Gasteiger partial charge in [-0.15, -0.1) is 0 Å². The van der Waals surface area contributed by atoms with Crippen molar-refractivity contribution in [1.29, 1.82) is 0 Å². The molecular formula is C7H14O2. The quantitative estimate of drug-likeness (QED) is 0.543. The lowest BCUT2D eigenvalue weighted by Gasteiger charge is -2.03. The lowest BCUT2D eigenvalue weighted by molar-refractivity contribution is 0.0438. The normalized spacial score (nSPS) is 43.7. The van der Waals surface area contributed by atoms with Gasteiger partial charge in [-0.3, -0.25) is 0 Å². The van der Waals surface area contributed by atoms with Gasteiger partial charge in [0.1, 0.15) is 0 Å². The number of rotatable bonds is 1. The highest BCUT2D eigenvalue weighted by molar-refractivity contribution is 4.81. The smallest absolute Gasteiger partial charge is 0.0801 e. The van der Waals surface area contributed by atoms with Gasteiger partial charge in [0.05, 0.1) is 12.2 Å². The summed E-state index contributed by atoms with van der Waals surface area (Å²) in [6.07, 6.45) is 1.76. The molecule has 9 heavy (non-hydrogen) atoms. The van der Waals surface area contributed by atoms with Crippen molar-refractivity contribution in [3.05, 3.63) is 0 Å². The third-order valence-corrected chi connectivity index (χ3v) is 2.17. The number of aliphatic hydroxyl groups excluding tert-OH is 2. The Morgan fingerprint density at radius 3 is 1.89 bits per heavy atom. The summed E-state index contributed by atoms with van der Waals surface area (Å²) in [6, 6.07) is 0. The SMILES string of the molecule is CCC1C[C@@H](O)[C@@H](O)C1. The fourth-order valence-electron chi connectivity index (χ4n) is 1.43. The third kappa shape index (κ3) is 1.43. The predicted molar refractivity (Wildman–Crippen MR) is 35.0 cm³/mol. The van der Waals surface area contributed by atoms with Crippen molar-refractivity contribution in [3.8, 4) is 0 Å². The van der Waals surface area contributed by atoms with Gasteiger partial charge in [-0.2, -0.15) is 0 Å². The minimum absolute atomic E-state index is 0.449. The van der Waals surface area contributed by atoms with Crippen LogP contribution in [-0.4, -0.2) is 22.4 Å². The second-order valence-corrected chi connectivity index (χ2v) is 2.88. The molecule has 3 atom stereocenters. The summed E-state index contributed by atoms with van der Waals surface area (Å²) in [6.45, 7) is 2.09. The Labute approximate surface area is 55.5 Å². The lowest BCUT2D eigenvalue weighted by atomic mass is 10.1. The Morgan fingerprint density at radius 1 is 1.22 bits per heavy atom. The van der Waals surface area contributed by atoms with Crippen LogP contribution in [0.5, 0.6) is 0 Å². The van der Waals surface area contributed by atoms with Crippen LogP contribution in [0.3, 0.4) is 0 Å². The van der Waals surface area contributed by atoms with Gasteiger partial charge in [-0.25, -0.2) is 0 Å². The maximum absolute atomic E-state index is 9.05. The molecule has 0 aromatic carbocycles. The lowest BCUT2D eigenvalue weighted by Crippen LogP contribution is -2.17. The maximum Gasteiger partial charge on any atom is 0.0801 e. The van der Waals surface area contributed by atoms with E-state index < -0.39 is 12.2 Å². The van der Waals surface area contributed by atoms with Crippen LogP contribution in [0.15, 0.2) is 0 Å². The Morgan fingerprint density at radius 2 is 1.67 bits per heavy atom. The van der Waals surface area contributed by atoms with Gasteiger partial charge in [0.2, 0.25) is 0 Å². The predicted octanol–water partition coefficient (Wildman–Crippen LogP) is 0.528. The van der Waals surface area contributed by atoms with Gasteiger partial charge in [0.15, 0.2) is 0 Å². The molecule has 1 aliphatic rings. The fraction of sp³-hybridized carbons (Fsp3) is 1.00. The summed E-state index contributed by atoms with van der Waals surface area (Å²) in [4.78, 5) is 0. The fourth-order valence-corrected chi connectivity index (χ4v) is 1.43. The Balaban J connectivity index is 2.35. The van der Waals surface area contributed by atoms with Gasteiger partial charge in [0.25, 0.3) is 0 Å². The molecule has 1 rings (SSSR count). The van der Waals surface area contributed by atoms with Crippen molar-refractivity contribution in [1.82, 2.24) is 0 Å². The molecule has 1 unspecified atom stereocenters. The first kappa shape index (κ1) is 7.03. The highest BCUT2D eigenvalue weighted by atomic mass is 16.3. The topological polar surface area (TPSA) is 40.5 Å². The van der Waals surface area contributed by atoms with Crippen molar-refractivity contribution in [2.75, 3.05) is 0 Å². The first-order valence-corrected chi connectivity index (χ1v) is 3.60. The minimum atomic E-state index is -0.449. The van der Waals surface area contributed by atoms with Crippen molar-refractivity contribution < 1.29 is 10.2 Å². The molecule has 1 fully saturated rings. The monoisotopic (exact) mass is 130 g/mol. The van der Waals surface area contributed by atoms with Crippen molar-refractivity contribution in [2.24, 2.45) is 5.92 Å². The van der Waals surface area contributed by atoms with Gasteiger partial charge < -0.3 is 10.2 Å². The van der Waals surface area contributed by atoms with E-state index >= 15 is 0 Å². The van der Waals surface area contributed by atoms with E-state index in [0.717, 1.165) is 19.3 Å². The molecule has 1 saturated carbocycles. The molecule has 2 nitrogen and oxygen atoms in total. The van der Waals surface area contributed by atoms with Crippen LogP contribution >= 0.6 is 0 Å². The standard InChI is InChI=1S/C7H14O2/c1-2-5-3-6(8)7(9)4-5/h5-9H,2-4H2,1H3/t5?,6-,7+. The van der Waals surface area contributed by atoms with E-state index in [9.17, 15) is 0 Å². The van der Waals surface area contributed by atoms with Crippen LogP contribution in [-0.2, 0) is 0 Å². The number of hydrogen-bond donors (Lipinski definition) is 2. The average Bonchev–Trinajstić information content (AvgIpc) is 2.13. The van der Waals surface area contributed by atoms with E-state index in [1.54, 1.807) is 0 Å². The molecule has 0 bridgehead atoms. The molecule has 0 aromatic rings. The molecule has 2 N–H and O–H groups in total. The van der Waals surface area contributed by atoms with Crippen molar-refractivity contribution >= 4 is 0 Å². The average molecular weight is 130 g/mol. The van der Waals surface area contributed by atoms with Crippen molar-refractivity contribution in [2.45, 2.75) is 38.4 Å². The zero-order chi connectivity index (χ0) is 6.85. The molecule has 0 saturated heterocycles. The molecule has 0 aromatic heterocycles. The number of aliphatic hydroxyl groups is 2. The second kappa shape index (κ2) is 2.67. The van der Waals surface area contributed by atoms with E-state index in [1.165, 1.54) is 0 Å². The van der Waals surface area contributed by atoms with Crippen LogP contribution < -0.4 is 0 Å². The molecule has 54 valence electrons. The summed E-state index contributed by atoms with van der Waals surface area (Å²) in [5.41, 5.74) is 0. The molecule has 0 aliphatic heterocycles. The largest absolute Gasteiger partial charge is 0.390 e. The van der Waals surface area contributed by atoms with E-state index in [1.807, 2.05) is 0 Å². The van der Waals surface area contributed by atoms with Crippen LogP contribution in [0, 0.1) is 5.92 Å². The highest BCUT2D eigenvalue weighted by Crippen LogP contribution is 2.27. The Bertz CT molecular complexity index is 82.9. The molecule has 0 heterocycles. The maximum atomic E-state index is 9.05. The summed E-state index contributed by atoms with van der Waals surface area (Å²) < 4.78 is 0. The molecule has 1 aliphatic carbocycles. The molecule has 0 amide bonds. The summed E-state index contributed by atoms with van der Waals surface area (Å²) >= 11 is 0. The molecule has 0 radical (unpaired) electrons. The van der Waals surface area contributed by atoms with Gasteiger partial charge >= 0.3 is 0 Å². The van der Waals surface area contributed by atoms with E-state index in [4.69, 9.17) is 10.2 Å². The van der Waals surface area contributed by atoms with Crippen LogP contribution in [0.4, 0.5) is 0 Å².